The fraction of sp³-hybridized carbons (Fsp3) is 0.350. The molecule has 0 aliphatic carbocycles. The van der Waals surface area contributed by atoms with Gasteiger partial charge < -0.3 is 19.1 Å². The number of benzene rings is 2. The highest BCUT2D eigenvalue weighted by Crippen LogP contribution is 2.28. The summed E-state index contributed by atoms with van der Waals surface area (Å²) in [6.07, 6.45) is 0.311. The second-order valence-electron chi connectivity index (χ2n) is 5.59. The Morgan fingerprint density at radius 2 is 1.60 bits per heavy atom. The average molecular weight is 343 g/mol. The molecule has 134 valence electrons. The van der Waals surface area contributed by atoms with Gasteiger partial charge in [0.05, 0.1) is 27.8 Å². The second-order valence-corrected chi connectivity index (χ2v) is 5.59. The highest BCUT2D eigenvalue weighted by Gasteiger charge is 2.16. The molecule has 0 atom stereocenters. The molecule has 25 heavy (non-hydrogen) atoms. The third-order valence-electron chi connectivity index (χ3n) is 4.09. The van der Waals surface area contributed by atoms with Crippen LogP contribution in [0, 0.1) is 0 Å². The highest BCUT2D eigenvalue weighted by atomic mass is 16.5. The summed E-state index contributed by atoms with van der Waals surface area (Å²) in [6, 6.07) is 13.3. The molecule has 0 aliphatic heterocycles. The van der Waals surface area contributed by atoms with E-state index in [0.29, 0.717) is 31.0 Å². The number of ether oxygens (including phenoxy) is 3. The van der Waals surface area contributed by atoms with E-state index >= 15 is 0 Å². The van der Waals surface area contributed by atoms with Gasteiger partial charge in [0.2, 0.25) is 5.91 Å². The maximum atomic E-state index is 12.7. The van der Waals surface area contributed by atoms with Gasteiger partial charge in [-0.3, -0.25) is 4.79 Å². The summed E-state index contributed by atoms with van der Waals surface area (Å²) in [6.45, 7) is 3.12. The first-order valence-electron chi connectivity index (χ1n) is 8.23. The van der Waals surface area contributed by atoms with Gasteiger partial charge in [-0.15, -0.1) is 0 Å². The smallest absolute Gasteiger partial charge is 0.227 e. The van der Waals surface area contributed by atoms with Gasteiger partial charge in [-0.05, 0) is 30.7 Å². The number of carbonyl (C=O) groups excluding carboxylic acids is 1. The number of rotatable bonds is 8. The first kappa shape index (κ1) is 18.6. The summed E-state index contributed by atoms with van der Waals surface area (Å²) in [5.41, 5.74) is 1.88. The van der Waals surface area contributed by atoms with Gasteiger partial charge in [0.15, 0.2) is 11.5 Å². The molecule has 0 unspecified atom stereocenters. The molecule has 0 aromatic heterocycles. The fourth-order valence-corrected chi connectivity index (χ4v) is 2.70. The number of para-hydroxylation sites is 1. The number of carbonyl (C=O) groups is 1. The van der Waals surface area contributed by atoms with Crippen LogP contribution < -0.4 is 14.2 Å². The van der Waals surface area contributed by atoms with Crippen LogP contribution >= 0.6 is 0 Å². The van der Waals surface area contributed by atoms with E-state index in [-0.39, 0.29) is 5.91 Å². The van der Waals surface area contributed by atoms with Crippen molar-refractivity contribution < 1.29 is 19.0 Å². The minimum atomic E-state index is 0.0572. The number of hydrogen-bond donors (Lipinski definition) is 0. The van der Waals surface area contributed by atoms with Crippen molar-refractivity contribution in [3.05, 3.63) is 53.6 Å². The lowest BCUT2D eigenvalue weighted by Gasteiger charge is -2.22. The van der Waals surface area contributed by atoms with E-state index in [1.165, 1.54) is 0 Å². The summed E-state index contributed by atoms with van der Waals surface area (Å²) < 4.78 is 15.9. The number of hydrogen-bond acceptors (Lipinski definition) is 4. The van der Waals surface area contributed by atoms with Crippen molar-refractivity contribution in [3.8, 4) is 17.2 Å². The summed E-state index contributed by atoms with van der Waals surface area (Å²) >= 11 is 0. The Morgan fingerprint density at radius 1 is 0.920 bits per heavy atom. The van der Waals surface area contributed by atoms with E-state index in [0.717, 1.165) is 16.9 Å². The normalized spacial score (nSPS) is 10.2. The first-order valence-corrected chi connectivity index (χ1v) is 8.23. The standard InChI is InChI=1S/C20H25NO4/c1-5-21(14-15-10-11-18(24-3)19(12-15)25-4)20(22)13-16-8-6-7-9-17(16)23-2/h6-12H,5,13-14H2,1-4H3. The van der Waals surface area contributed by atoms with Crippen molar-refractivity contribution >= 4 is 5.91 Å². The molecule has 2 aromatic rings. The van der Waals surface area contributed by atoms with Crippen molar-refractivity contribution in [2.45, 2.75) is 19.9 Å². The molecule has 0 saturated carbocycles. The quantitative estimate of drug-likeness (QED) is 0.738. The molecule has 5 nitrogen and oxygen atoms in total. The Balaban J connectivity index is 2.12. The van der Waals surface area contributed by atoms with Crippen molar-refractivity contribution in [2.75, 3.05) is 27.9 Å². The Morgan fingerprint density at radius 3 is 2.24 bits per heavy atom. The fourth-order valence-electron chi connectivity index (χ4n) is 2.70. The van der Waals surface area contributed by atoms with Gasteiger partial charge in [-0.1, -0.05) is 24.3 Å². The van der Waals surface area contributed by atoms with E-state index in [9.17, 15) is 4.79 Å². The van der Waals surface area contributed by atoms with E-state index in [1.54, 1.807) is 21.3 Å². The summed E-state index contributed by atoms with van der Waals surface area (Å²) in [4.78, 5) is 14.5. The second kappa shape index (κ2) is 8.97. The molecule has 2 aromatic carbocycles. The molecule has 0 radical (unpaired) electrons. The average Bonchev–Trinajstić information content (AvgIpc) is 2.66. The Kier molecular flexibility index (Phi) is 6.69. The maximum absolute atomic E-state index is 12.7. The first-order chi connectivity index (χ1) is 12.1. The van der Waals surface area contributed by atoms with Gasteiger partial charge >= 0.3 is 0 Å². The SMILES string of the molecule is CCN(Cc1ccc(OC)c(OC)c1)C(=O)Cc1ccccc1OC. The van der Waals surface area contributed by atoms with Gasteiger partial charge in [0.25, 0.3) is 0 Å². The summed E-state index contributed by atoms with van der Waals surface area (Å²) in [7, 11) is 4.82. The monoisotopic (exact) mass is 343 g/mol. The van der Waals surface area contributed by atoms with Crippen molar-refractivity contribution in [1.29, 1.82) is 0 Å². The van der Waals surface area contributed by atoms with E-state index < -0.39 is 0 Å². The predicted molar refractivity (Wildman–Crippen MR) is 97.3 cm³/mol. The predicted octanol–water partition coefficient (Wildman–Crippen LogP) is 3.30. The summed E-state index contributed by atoms with van der Waals surface area (Å²) in [5.74, 6) is 2.13. The topological polar surface area (TPSA) is 48.0 Å². The zero-order chi connectivity index (χ0) is 18.2. The minimum absolute atomic E-state index is 0.0572. The van der Waals surface area contributed by atoms with Crippen LogP contribution in [0.3, 0.4) is 0 Å². The van der Waals surface area contributed by atoms with Crippen molar-refractivity contribution in [1.82, 2.24) is 4.90 Å². The molecular formula is C20H25NO4. The summed E-state index contributed by atoms with van der Waals surface area (Å²) in [5, 5.41) is 0. The lowest BCUT2D eigenvalue weighted by atomic mass is 10.1. The van der Waals surface area contributed by atoms with Crippen LogP contribution in [0.2, 0.25) is 0 Å². The van der Waals surface area contributed by atoms with Crippen LogP contribution in [0.25, 0.3) is 0 Å². The largest absolute Gasteiger partial charge is 0.496 e. The van der Waals surface area contributed by atoms with Crippen LogP contribution in [0.15, 0.2) is 42.5 Å². The Bertz CT molecular complexity index is 715. The zero-order valence-electron chi connectivity index (χ0n) is 15.2. The van der Waals surface area contributed by atoms with E-state index in [1.807, 2.05) is 54.3 Å². The van der Waals surface area contributed by atoms with Crippen LogP contribution in [0.5, 0.6) is 17.2 Å². The lowest BCUT2D eigenvalue weighted by molar-refractivity contribution is -0.130. The van der Waals surface area contributed by atoms with Gasteiger partial charge in [0, 0.05) is 18.7 Å². The third-order valence-corrected chi connectivity index (χ3v) is 4.09. The number of amides is 1. The number of nitrogens with zero attached hydrogens (tertiary/aromatic N) is 1. The molecule has 2 rings (SSSR count). The molecule has 0 spiro atoms. The van der Waals surface area contributed by atoms with Gasteiger partial charge in [-0.2, -0.15) is 0 Å². The van der Waals surface area contributed by atoms with Crippen molar-refractivity contribution in [2.24, 2.45) is 0 Å². The molecule has 0 aliphatic rings. The van der Waals surface area contributed by atoms with Crippen molar-refractivity contribution in [3.63, 3.8) is 0 Å². The molecule has 0 bridgehead atoms. The van der Waals surface area contributed by atoms with E-state index in [2.05, 4.69) is 0 Å². The van der Waals surface area contributed by atoms with Gasteiger partial charge in [0.1, 0.15) is 5.75 Å². The highest BCUT2D eigenvalue weighted by molar-refractivity contribution is 5.79. The molecular weight excluding hydrogens is 318 g/mol. The minimum Gasteiger partial charge on any atom is -0.496 e. The molecule has 5 heteroatoms. The van der Waals surface area contributed by atoms with Gasteiger partial charge in [-0.25, -0.2) is 0 Å². The number of methoxy groups -OCH3 is 3. The molecule has 0 N–H and O–H groups in total. The molecule has 0 saturated heterocycles. The lowest BCUT2D eigenvalue weighted by Crippen LogP contribution is -2.31. The Hall–Kier alpha value is -2.69. The van der Waals surface area contributed by atoms with Crippen LogP contribution in [-0.2, 0) is 17.8 Å². The maximum Gasteiger partial charge on any atom is 0.227 e. The van der Waals surface area contributed by atoms with Crippen LogP contribution in [-0.4, -0.2) is 38.7 Å². The molecule has 0 fully saturated rings. The van der Waals surface area contributed by atoms with Crippen LogP contribution in [0.4, 0.5) is 0 Å². The number of likely N-dealkylation sites (N-methyl/N-ethyl adjacent to an activating group) is 1. The molecule has 1 amide bonds. The van der Waals surface area contributed by atoms with E-state index in [4.69, 9.17) is 14.2 Å². The zero-order valence-corrected chi connectivity index (χ0v) is 15.2. The third kappa shape index (κ3) is 4.66. The van der Waals surface area contributed by atoms with Crippen LogP contribution in [0.1, 0.15) is 18.1 Å². The Labute approximate surface area is 149 Å². The molecule has 0 heterocycles.